The molecule has 0 amide bonds. The van der Waals surface area contributed by atoms with Crippen LogP contribution in [-0.2, 0) is 5.75 Å². The molecule has 0 aliphatic rings. The first-order valence-corrected chi connectivity index (χ1v) is 7.31. The van der Waals surface area contributed by atoms with Crippen LogP contribution in [0.15, 0.2) is 52.2 Å². The molecule has 0 atom stereocenters. The Morgan fingerprint density at radius 1 is 1.29 bits per heavy atom. The van der Waals surface area contributed by atoms with Gasteiger partial charge >= 0.3 is 0 Å². The molecule has 0 unspecified atom stereocenters. The first-order chi connectivity index (χ1) is 10.3. The Morgan fingerprint density at radius 2 is 2.14 bits per heavy atom. The lowest BCUT2D eigenvalue weighted by Gasteiger charge is -2.03. The predicted octanol–water partition coefficient (Wildman–Crippen LogP) is 3.44. The van der Waals surface area contributed by atoms with Gasteiger partial charge in [0.15, 0.2) is 0 Å². The maximum Gasteiger partial charge on any atom is 0.223 e. The predicted molar refractivity (Wildman–Crippen MR) is 80.9 cm³/mol. The molecule has 3 rings (SSSR count). The average Bonchev–Trinajstić information content (AvgIpc) is 3.17. The number of H-pyrrole nitrogens is 1. The van der Waals surface area contributed by atoms with E-state index in [0.717, 1.165) is 17.2 Å². The standard InChI is InChI=1S/C14H14N4O2S/c1-19-11-6-4-10(5-7-11)15-13-16-14(18-17-13)21-9-12-3-2-8-20-12/h2-8H,9H2,1H3,(H2,15,16,17,18). The molecule has 0 saturated carbocycles. The Labute approximate surface area is 125 Å². The highest BCUT2D eigenvalue weighted by atomic mass is 32.2. The number of hydrogen-bond donors (Lipinski definition) is 2. The number of nitrogens with one attached hydrogen (secondary N) is 2. The van der Waals surface area contributed by atoms with Crippen LogP contribution in [0.4, 0.5) is 11.6 Å². The molecule has 0 fully saturated rings. The summed E-state index contributed by atoms with van der Waals surface area (Å²) in [6.45, 7) is 0. The Kier molecular flexibility index (Phi) is 4.11. The molecule has 7 heteroatoms. The monoisotopic (exact) mass is 302 g/mol. The summed E-state index contributed by atoms with van der Waals surface area (Å²) in [5.74, 6) is 3.01. The molecule has 108 valence electrons. The van der Waals surface area contributed by atoms with E-state index < -0.39 is 0 Å². The number of aromatic amines is 1. The highest BCUT2D eigenvalue weighted by molar-refractivity contribution is 7.98. The number of hydrogen-bond acceptors (Lipinski definition) is 6. The van der Waals surface area contributed by atoms with Crippen LogP contribution in [0.5, 0.6) is 5.75 Å². The molecule has 1 aromatic carbocycles. The summed E-state index contributed by atoms with van der Waals surface area (Å²) in [6, 6.07) is 11.4. The summed E-state index contributed by atoms with van der Waals surface area (Å²) in [5, 5.41) is 10.8. The van der Waals surface area contributed by atoms with E-state index in [-0.39, 0.29) is 0 Å². The number of methoxy groups -OCH3 is 1. The fourth-order valence-corrected chi connectivity index (χ4v) is 2.41. The van der Waals surface area contributed by atoms with Gasteiger partial charge in [0.25, 0.3) is 0 Å². The fraction of sp³-hybridized carbons (Fsp3) is 0.143. The molecule has 2 aromatic heterocycles. The number of furan rings is 1. The molecule has 0 aliphatic carbocycles. The van der Waals surface area contributed by atoms with Crippen molar-refractivity contribution in [2.75, 3.05) is 12.4 Å². The lowest BCUT2D eigenvalue weighted by Crippen LogP contribution is -1.92. The van der Waals surface area contributed by atoms with E-state index in [9.17, 15) is 0 Å². The van der Waals surface area contributed by atoms with Crippen molar-refractivity contribution >= 4 is 23.4 Å². The van der Waals surface area contributed by atoms with E-state index in [1.807, 2.05) is 36.4 Å². The lowest BCUT2D eigenvalue weighted by molar-refractivity contribution is 0.415. The van der Waals surface area contributed by atoms with Crippen LogP contribution >= 0.6 is 11.8 Å². The van der Waals surface area contributed by atoms with Crippen molar-refractivity contribution in [3.63, 3.8) is 0 Å². The third-order valence-electron chi connectivity index (χ3n) is 2.74. The molecular formula is C14H14N4O2S. The summed E-state index contributed by atoms with van der Waals surface area (Å²) >= 11 is 1.51. The van der Waals surface area contributed by atoms with Gasteiger partial charge in [-0.3, -0.25) is 0 Å². The van der Waals surface area contributed by atoms with Crippen molar-refractivity contribution in [3.8, 4) is 5.75 Å². The number of rotatable bonds is 6. The minimum absolute atomic E-state index is 0.599. The normalized spacial score (nSPS) is 10.5. The first-order valence-electron chi connectivity index (χ1n) is 6.32. The van der Waals surface area contributed by atoms with Crippen molar-refractivity contribution in [3.05, 3.63) is 48.4 Å². The lowest BCUT2D eigenvalue weighted by atomic mass is 10.3. The highest BCUT2D eigenvalue weighted by Crippen LogP contribution is 2.22. The molecule has 0 radical (unpaired) electrons. The van der Waals surface area contributed by atoms with Crippen LogP contribution in [0.3, 0.4) is 0 Å². The number of benzene rings is 1. The van der Waals surface area contributed by atoms with E-state index in [1.165, 1.54) is 11.8 Å². The third-order valence-corrected chi connectivity index (χ3v) is 3.61. The molecule has 21 heavy (non-hydrogen) atoms. The van der Waals surface area contributed by atoms with Gasteiger partial charge in [-0.05, 0) is 36.4 Å². The molecule has 0 saturated heterocycles. The van der Waals surface area contributed by atoms with Crippen LogP contribution in [0.1, 0.15) is 5.76 Å². The molecular weight excluding hydrogens is 288 g/mol. The van der Waals surface area contributed by atoms with Crippen LogP contribution in [-0.4, -0.2) is 22.3 Å². The Hall–Kier alpha value is -2.41. The zero-order chi connectivity index (χ0) is 14.5. The topological polar surface area (TPSA) is 76.0 Å². The highest BCUT2D eigenvalue weighted by Gasteiger charge is 2.06. The molecule has 0 aliphatic heterocycles. The summed E-state index contributed by atoms with van der Waals surface area (Å²) in [7, 11) is 1.64. The molecule has 2 heterocycles. The van der Waals surface area contributed by atoms with Crippen molar-refractivity contribution in [1.29, 1.82) is 0 Å². The van der Waals surface area contributed by atoms with Crippen molar-refractivity contribution in [2.24, 2.45) is 0 Å². The molecule has 2 N–H and O–H groups in total. The quantitative estimate of drug-likeness (QED) is 0.679. The molecule has 3 aromatic rings. The Bertz CT molecular complexity index is 679. The van der Waals surface area contributed by atoms with Gasteiger partial charge < -0.3 is 14.5 Å². The number of nitrogens with zero attached hydrogens (tertiary/aromatic N) is 2. The van der Waals surface area contributed by atoms with Gasteiger partial charge in [-0.25, -0.2) is 5.10 Å². The zero-order valence-electron chi connectivity index (χ0n) is 11.4. The summed E-state index contributed by atoms with van der Waals surface area (Å²) in [6.07, 6.45) is 1.66. The summed E-state index contributed by atoms with van der Waals surface area (Å²) in [5.41, 5.74) is 0.912. The van der Waals surface area contributed by atoms with Gasteiger partial charge in [0.05, 0.1) is 19.1 Å². The fourth-order valence-electron chi connectivity index (χ4n) is 1.71. The van der Waals surface area contributed by atoms with Crippen LogP contribution in [0, 0.1) is 0 Å². The molecule has 0 spiro atoms. The third kappa shape index (κ3) is 3.57. The maximum atomic E-state index is 5.27. The largest absolute Gasteiger partial charge is 0.497 e. The first kappa shape index (κ1) is 13.6. The average molecular weight is 302 g/mol. The Balaban J connectivity index is 1.59. The second-order valence-corrected chi connectivity index (χ2v) is 5.13. The summed E-state index contributed by atoms with van der Waals surface area (Å²) in [4.78, 5) is 4.36. The van der Waals surface area contributed by atoms with Gasteiger partial charge in [0, 0.05) is 5.69 Å². The van der Waals surface area contributed by atoms with Gasteiger partial charge in [0.1, 0.15) is 11.5 Å². The van der Waals surface area contributed by atoms with E-state index in [1.54, 1.807) is 13.4 Å². The van der Waals surface area contributed by atoms with Gasteiger partial charge in [-0.2, -0.15) is 4.98 Å². The van der Waals surface area contributed by atoms with E-state index in [0.29, 0.717) is 16.9 Å². The van der Waals surface area contributed by atoms with Gasteiger partial charge in [-0.1, -0.05) is 11.8 Å². The van der Waals surface area contributed by atoms with Crippen molar-refractivity contribution in [2.45, 2.75) is 10.9 Å². The van der Waals surface area contributed by atoms with E-state index in [4.69, 9.17) is 9.15 Å². The van der Waals surface area contributed by atoms with Gasteiger partial charge in [-0.15, -0.1) is 5.10 Å². The zero-order valence-corrected chi connectivity index (χ0v) is 12.2. The van der Waals surface area contributed by atoms with Crippen LogP contribution < -0.4 is 10.1 Å². The molecule has 6 nitrogen and oxygen atoms in total. The van der Waals surface area contributed by atoms with Gasteiger partial charge in [0.2, 0.25) is 11.1 Å². The van der Waals surface area contributed by atoms with Crippen LogP contribution in [0.2, 0.25) is 0 Å². The van der Waals surface area contributed by atoms with Crippen LogP contribution in [0.25, 0.3) is 0 Å². The number of ether oxygens (including phenoxy) is 1. The number of anilines is 2. The number of aromatic nitrogens is 3. The van der Waals surface area contributed by atoms with Crippen molar-refractivity contribution < 1.29 is 9.15 Å². The van der Waals surface area contributed by atoms with Crippen molar-refractivity contribution in [1.82, 2.24) is 15.2 Å². The second-order valence-electron chi connectivity index (χ2n) is 4.19. The van der Waals surface area contributed by atoms with E-state index in [2.05, 4.69) is 20.5 Å². The number of thioether (sulfide) groups is 1. The SMILES string of the molecule is COc1ccc(Nc2nc(SCc3ccco3)n[nH]2)cc1. The molecule has 0 bridgehead atoms. The Morgan fingerprint density at radius 3 is 2.86 bits per heavy atom. The second kappa shape index (κ2) is 6.36. The smallest absolute Gasteiger partial charge is 0.223 e. The minimum Gasteiger partial charge on any atom is -0.497 e. The van der Waals surface area contributed by atoms with E-state index >= 15 is 0 Å². The summed E-state index contributed by atoms with van der Waals surface area (Å²) < 4.78 is 10.4. The minimum atomic E-state index is 0.599. The maximum absolute atomic E-state index is 5.27.